The van der Waals surface area contributed by atoms with Gasteiger partial charge in [0.1, 0.15) is 0 Å². The minimum absolute atomic E-state index is 0.157. The first-order chi connectivity index (χ1) is 14.7. The fourth-order valence-corrected chi connectivity index (χ4v) is 4.63. The second-order valence-electron chi connectivity index (χ2n) is 7.42. The fourth-order valence-electron chi connectivity index (χ4n) is 3.67. The van der Waals surface area contributed by atoms with Gasteiger partial charge in [-0.05, 0) is 59.3 Å². The van der Waals surface area contributed by atoms with Gasteiger partial charge in [0.25, 0.3) is 5.91 Å². The molecule has 1 fully saturated rings. The molecule has 0 saturated carbocycles. The molecule has 2 aromatic carbocycles. The maximum atomic E-state index is 12.5. The highest BCUT2D eigenvalue weighted by atomic mass is 32.2. The quantitative estimate of drug-likeness (QED) is 0.595. The van der Waals surface area contributed by atoms with Gasteiger partial charge in [0, 0.05) is 26.2 Å². The summed E-state index contributed by atoms with van der Waals surface area (Å²) in [4.78, 5) is 21.9. The number of anilines is 1. The molecule has 3 aromatic rings. The third-order valence-electron chi connectivity index (χ3n) is 5.34. The molecule has 0 spiro atoms. The van der Waals surface area contributed by atoms with Gasteiger partial charge in [0.05, 0.1) is 10.6 Å². The molecule has 5 rings (SSSR count). The van der Waals surface area contributed by atoms with Crippen LogP contribution >= 0.6 is 11.8 Å². The number of benzene rings is 2. The highest BCUT2D eigenvalue weighted by Crippen LogP contribution is 2.31. The maximum absolute atomic E-state index is 12.5. The monoisotopic (exact) mass is 415 g/mol. The van der Waals surface area contributed by atoms with Crippen molar-refractivity contribution in [1.82, 2.24) is 15.1 Å². The van der Waals surface area contributed by atoms with Crippen molar-refractivity contribution in [3.05, 3.63) is 70.8 Å². The number of thioether (sulfide) groups is 1. The molecular weight excluding hydrogens is 394 g/mol. The normalized spacial score (nSPS) is 18.4. The van der Waals surface area contributed by atoms with Gasteiger partial charge < -0.3 is 9.80 Å². The van der Waals surface area contributed by atoms with E-state index in [1.54, 1.807) is 0 Å². The van der Waals surface area contributed by atoms with Crippen molar-refractivity contribution in [3.8, 4) is 0 Å². The van der Waals surface area contributed by atoms with Crippen molar-refractivity contribution in [2.45, 2.75) is 6.92 Å². The maximum Gasteiger partial charge on any atom is 0.286 e. The summed E-state index contributed by atoms with van der Waals surface area (Å²) in [6, 6.07) is 18.5. The molecule has 6 nitrogen and oxygen atoms in total. The van der Waals surface area contributed by atoms with Crippen LogP contribution in [-0.2, 0) is 4.79 Å². The second-order valence-corrected chi connectivity index (χ2v) is 8.43. The van der Waals surface area contributed by atoms with E-state index in [-0.39, 0.29) is 5.91 Å². The molecule has 1 amide bonds. The SMILES string of the molecule is Cc1ccc(N2CCN(C3=NC(=O)/C(=C/c4ccc5ccccc5c4)S3)CC2)nn1. The van der Waals surface area contributed by atoms with E-state index in [1.165, 1.54) is 22.5 Å². The summed E-state index contributed by atoms with van der Waals surface area (Å²) in [6.07, 6.45) is 1.94. The number of nitrogens with zero attached hydrogens (tertiary/aromatic N) is 5. The largest absolute Gasteiger partial charge is 0.352 e. The standard InChI is InChI=1S/C23H21N5OS/c1-16-6-9-21(26-25-16)27-10-12-28(13-11-27)23-24-22(29)20(30-23)15-17-7-8-18-4-2-3-5-19(18)14-17/h2-9,14-15H,10-13H2,1H3/b20-15-. The summed E-state index contributed by atoms with van der Waals surface area (Å²) < 4.78 is 0. The van der Waals surface area contributed by atoms with E-state index in [2.05, 4.69) is 49.3 Å². The molecule has 1 saturated heterocycles. The molecule has 0 aliphatic carbocycles. The zero-order valence-electron chi connectivity index (χ0n) is 16.7. The Morgan fingerprint density at radius 2 is 1.67 bits per heavy atom. The number of amidine groups is 1. The van der Waals surface area contributed by atoms with Gasteiger partial charge in [-0.25, -0.2) is 0 Å². The van der Waals surface area contributed by atoms with Gasteiger partial charge in [-0.3, -0.25) is 4.79 Å². The van der Waals surface area contributed by atoms with Crippen LogP contribution in [0.1, 0.15) is 11.3 Å². The van der Waals surface area contributed by atoms with Crippen LogP contribution in [0.25, 0.3) is 16.8 Å². The van der Waals surface area contributed by atoms with E-state index in [9.17, 15) is 4.79 Å². The summed E-state index contributed by atoms with van der Waals surface area (Å²) in [6.45, 7) is 5.20. The highest BCUT2D eigenvalue weighted by molar-refractivity contribution is 8.18. The van der Waals surface area contributed by atoms with Crippen LogP contribution in [0.15, 0.2) is 64.5 Å². The molecule has 3 heterocycles. The Balaban J connectivity index is 1.26. The Bertz CT molecular complexity index is 1160. The van der Waals surface area contributed by atoms with Crippen LogP contribution in [0.5, 0.6) is 0 Å². The number of fused-ring (bicyclic) bond motifs is 1. The number of amides is 1. The molecule has 0 N–H and O–H groups in total. The molecule has 0 bridgehead atoms. The number of carbonyl (C=O) groups is 1. The van der Waals surface area contributed by atoms with Gasteiger partial charge in [-0.15, -0.1) is 5.10 Å². The topological polar surface area (TPSA) is 61.7 Å². The lowest BCUT2D eigenvalue weighted by Gasteiger charge is -2.35. The van der Waals surface area contributed by atoms with Gasteiger partial charge >= 0.3 is 0 Å². The first-order valence-electron chi connectivity index (χ1n) is 9.97. The van der Waals surface area contributed by atoms with E-state index in [0.29, 0.717) is 4.91 Å². The number of aliphatic imine (C=N–C) groups is 1. The van der Waals surface area contributed by atoms with E-state index in [1.807, 2.05) is 43.3 Å². The van der Waals surface area contributed by atoms with Gasteiger partial charge in [0.15, 0.2) is 11.0 Å². The van der Waals surface area contributed by atoms with Crippen LogP contribution in [0.3, 0.4) is 0 Å². The van der Waals surface area contributed by atoms with E-state index >= 15 is 0 Å². The summed E-state index contributed by atoms with van der Waals surface area (Å²) in [5.74, 6) is 0.740. The van der Waals surface area contributed by atoms with Crippen molar-refractivity contribution in [2.24, 2.45) is 4.99 Å². The number of hydrogen-bond acceptors (Lipinski definition) is 6. The van der Waals surface area contributed by atoms with Crippen molar-refractivity contribution in [3.63, 3.8) is 0 Å². The van der Waals surface area contributed by atoms with Crippen LogP contribution in [-0.4, -0.2) is 52.4 Å². The number of hydrogen-bond donors (Lipinski definition) is 0. The second kappa shape index (κ2) is 7.91. The predicted molar refractivity (Wildman–Crippen MR) is 123 cm³/mol. The third kappa shape index (κ3) is 3.80. The van der Waals surface area contributed by atoms with Crippen molar-refractivity contribution in [1.29, 1.82) is 0 Å². The fraction of sp³-hybridized carbons (Fsp3) is 0.217. The summed E-state index contributed by atoms with van der Waals surface area (Å²) in [5, 5.41) is 11.6. The predicted octanol–water partition coefficient (Wildman–Crippen LogP) is 3.73. The Morgan fingerprint density at radius 1 is 0.900 bits per heavy atom. The molecule has 150 valence electrons. The summed E-state index contributed by atoms with van der Waals surface area (Å²) in [5.41, 5.74) is 1.93. The molecular formula is C23H21N5OS. The van der Waals surface area contributed by atoms with Gasteiger partial charge in [0.2, 0.25) is 0 Å². The number of rotatable bonds is 2. The molecule has 0 atom stereocenters. The molecule has 2 aliphatic rings. The van der Waals surface area contributed by atoms with Gasteiger partial charge in [-0.1, -0.05) is 36.4 Å². The van der Waals surface area contributed by atoms with Crippen LogP contribution < -0.4 is 4.90 Å². The molecule has 7 heteroatoms. The van der Waals surface area contributed by atoms with Gasteiger partial charge in [-0.2, -0.15) is 10.1 Å². The third-order valence-corrected chi connectivity index (χ3v) is 6.38. The van der Waals surface area contributed by atoms with Crippen LogP contribution in [0.4, 0.5) is 5.82 Å². The molecule has 0 unspecified atom stereocenters. The molecule has 30 heavy (non-hydrogen) atoms. The minimum Gasteiger partial charge on any atom is -0.352 e. The Labute approximate surface area is 179 Å². The lowest BCUT2D eigenvalue weighted by atomic mass is 10.1. The summed E-state index contributed by atoms with van der Waals surface area (Å²) in [7, 11) is 0. The van der Waals surface area contributed by atoms with Crippen molar-refractivity contribution >= 4 is 45.5 Å². The number of piperazine rings is 1. The average molecular weight is 416 g/mol. The van der Waals surface area contributed by atoms with Crippen molar-refractivity contribution in [2.75, 3.05) is 31.1 Å². The van der Waals surface area contributed by atoms with E-state index in [4.69, 9.17) is 0 Å². The average Bonchev–Trinajstić information content (AvgIpc) is 3.14. The number of aryl methyl sites for hydroxylation is 1. The molecule has 2 aliphatic heterocycles. The minimum atomic E-state index is -0.157. The Morgan fingerprint density at radius 3 is 2.43 bits per heavy atom. The molecule has 1 aromatic heterocycles. The summed E-state index contributed by atoms with van der Waals surface area (Å²) >= 11 is 1.47. The Kier molecular flexibility index (Phi) is 4.96. The van der Waals surface area contributed by atoms with Crippen LogP contribution in [0.2, 0.25) is 0 Å². The smallest absolute Gasteiger partial charge is 0.286 e. The first-order valence-corrected chi connectivity index (χ1v) is 10.8. The zero-order chi connectivity index (χ0) is 20.5. The number of carbonyl (C=O) groups excluding carboxylic acids is 1. The lowest BCUT2D eigenvalue weighted by molar-refractivity contribution is -0.113. The number of aromatic nitrogens is 2. The zero-order valence-corrected chi connectivity index (χ0v) is 17.5. The van der Waals surface area contributed by atoms with E-state index in [0.717, 1.165) is 48.4 Å². The van der Waals surface area contributed by atoms with Crippen LogP contribution in [0, 0.1) is 6.92 Å². The highest BCUT2D eigenvalue weighted by Gasteiger charge is 2.28. The van der Waals surface area contributed by atoms with Crippen molar-refractivity contribution < 1.29 is 4.79 Å². The Hall–Kier alpha value is -3.19. The van der Waals surface area contributed by atoms with E-state index < -0.39 is 0 Å². The molecule has 0 radical (unpaired) electrons. The first kappa shape index (κ1) is 18.8. The lowest BCUT2D eigenvalue weighted by Crippen LogP contribution is -2.48.